The van der Waals surface area contributed by atoms with Gasteiger partial charge in [0.15, 0.2) is 0 Å². The molecule has 1 aromatic rings. The first-order valence-electron chi connectivity index (χ1n) is 6.97. The lowest BCUT2D eigenvalue weighted by Gasteiger charge is -2.19. The number of carbonyl (C=O) groups is 3. The Hall–Kier alpha value is -2.37. The molecule has 1 amide bonds. The maximum Gasteiger partial charge on any atom is 0.326 e. The van der Waals surface area contributed by atoms with Gasteiger partial charge in [-0.05, 0) is 29.5 Å². The summed E-state index contributed by atoms with van der Waals surface area (Å²) in [5, 5.41) is 20.0. The smallest absolute Gasteiger partial charge is 0.326 e. The molecule has 0 spiro atoms. The third-order valence-corrected chi connectivity index (χ3v) is 3.26. The second kappa shape index (κ2) is 7.06. The third-order valence-electron chi connectivity index (χ3n) is 3.26. The summed E-state index contributed by atoms with van der Waals surface area (Å²) in [4.78, 5) is 33.6. The summed E-state index contributed by atoms with van der Waals surface area (Å²) in [6.07, 6.45) is -0.476. The van der Waals surface area contributed by atoms with Crippen molar-refractivity contribution in [1.29, 1.82) is 0 Å². The summed E-state index contributed by atoms with van der Waals surface area (Å²) in [6.45, 7) is 6.15. The van der Waals surface area contributed by atoms with E-state index in [0.717, 1.165) is 5.56 Å². The van der Waals surface area contributed by atoms with E-state index in [2.05, 4.69) is 26.1 Å². The second-order valence-electron chi connectivity index (χ2n) is 6.12. The van der Waals surface area contributed by atoms with Crippen LogP contribution in [0.2, 0.25) is 0 Å². The largest absolute Gasteiger partial charge is 0.481 e. The second-order valence-corrected chi connectivity index (χ2v) is 6.12. The van der Waals surface area contributed by atoms with Crippen molar-refractivity contribution in [1.82, 2.24) is 5.32 Å². The molecule has 3 N–H and O–H groups in total. The minimum absolute atomic E-state index is 0.0416. The van der Waals surface area contributed by atoms with E-state index in [0.29, 0.717) is 5.56 Å². The Morgan fingerprint density at radius 1 is 1.09 bits per heavy atom. The number of hydrogen-bond donors (Lipinski definition) is 3. The molecule has 120 valence electrons. The van der Waals surface area contributed by atoms with Crippen LogP contribution in [0, 0.1) is 0 Å². The molecule has 1 aromatic carbocycles. The molecule has 6 nitrogen and oxygen atoms in total. The third kappa shape index (κ3) is 5.20. The van der Waals surface area contributed by atoms with Crippen LogP contribution in [0.4, 0.5) is 0 Å². The molecular formula is C16H21NO5. The highest BCUT2D eigenvalue weighted by Gasteiger charge is 2.22. The van der Waals surface area contributed by atoms with Gasteiger partial charge in [-0.15, -0.1) is 0 Å². The monoisotopic (exact) mass is 307 g/mol. The molecule has 0 bridgehead atoms. The standard InChI is InChI=1S/C16H21NO5/c1-16(2,3)11-6-4-10(5-7-11)14(20)17-12(15(21)22)8-9-13(18)19/h4-7,12H,8-9H2,1-3H3,(H,17,20)(H,18,19)(H,21,22). The van der Waals surface area contributed by atoms with Gasteiger partial charge in [0.2, 0.25) is 0 Å². The summed E-state index contributed by atoms with van der Waals surface area (Å²) < 4.78 is 0. The van der Waals surface area contributed by atoms with Crippen LogP contribution >= 0.6 is 0 Å². The Kier molecular flexibility index (Phi) is 5.68. The first-order valence-corrected chi connectivity index (χ1v) is 6.97. The zero-order valence-electron chi connectivity index (χ0n) is 12.9. The predicted octanol–water partition coefficient (Wildman–Crippen LogP) is 2.03. The number of carbonyl (C=O) groups excluding carboxylic acids is 1. The van der Waals surface area contributed by atoms with Gasteiger partial charge in [-0.1, -0.05) is 32.9 Å². The van der Waals surface area contributed by atoms with Crippen molar-refractivity contribution in [3.8, 4) is 0 Å². The van der Waals surface area contributed by atoms with Crippen LogP contribution in [0.5, 0.6) is 0 Å². The van der Waals surface area contributed by atoms with Crippen LogP contribution < -0.4 is 5.32 Å². The number of carboxylic acid groups (broad SMARTS) is 2. The molecule has 0 saturated carbocycles. The lowest BCUT2D eigenvalue weighted by Crippen LogP contribution is -2.41. The van der Waals surface area contributed by atoms with Crippen LogP contribution in [-0.4, -0.2) is 34.1 Å². The molecule has 0 aliphatic rings. The van der Waals surface area contributed by atoms with E-state index in [1.807, 2.05) is 12.1 Å². The van der Waals surface area contributed by atoms with E-state index >= 15 is 0 Å². The zero-order valence-corrected chi connectivity index (χ0v) is 12.9. The molecule has 0 fully saturated rings. The highest BCUT2D eigenvalue weighted by molar-refractivity contribution is 5.96. The molecule has 0 aliphatic carbocycles. The van der Waals surface area contributed by atoms with Crippen molar-refractivity contribution in [3.63, 3.8) is 0 Å². The van der Waals surface area contributed by atoms with Gasteiger partial charge in [0.05, 0.1) is 0 Å². The van der Waals surface area contributed by atoms with Crippen LogP contribution in [0.25, 0.3) is 0 Å². The summed E-state index contributed by atoms with van der Waals surface area (Å²) in [5.74, 6) is -2.88. The fraction of sp³-hybridized carbons (Fsp3) is 0.438. The Morgan fingerprint density at radius 2 is 1.64 bits per heavy atom. The highest BCUT2D eigenvalue weighted by atomic mass is 16.4. The normalized spacial score (nSPS) is 12.5. The average molecular weight is 307 g/mol. The number of benzene rings is 1. The molecule has 6 heteroatoms. The minimum atomic E-state index is -1.25. The molecule has 1 atom stereocenters. The van der Waals surface area contributed by atoms with Gasteiger partial charge in [-0.25, -0.2) is 4.79 Å². The van der Waals surface area contributed by atoms with Gasteiger partial charge in [-0.3, -0.25) is 9.59 Å². The lowest BCUT2D eigenvalue weighted by molar-refractivity contribution is -0.140. The zero-order chi connectivity index (χ0) is 16.9. The van der Waals surface area contributed by atoms with E-state index in [-0.39, 0.29) is 18.3 Å². The Morgan fingerprint density at radius 3 is 2.05 bits per heavy atom. The fourth-order valence-electron chi connectivity index (χ4n) is 1.89. The van der Waals surface area contributed by atoms with Gasteiger partial charge in [-0.2, -0.15) is 0 Å². The number of carboxylic acids is 2. The first kappa shape index (κ1) is 17.7. The van der Waals surface area contributed by atoms with Crippen molar-refractivity contribution in [2.75, 3.05) is 0 Å². The summed E-state index contributed by atoms with van der Waals surface area (Å²) in [5.41, 5.74) is 1.36. The summed E-state index contributed by atoms with van der Waals surface area (Å²) in [7, 11) is 0. The van der Waals surface area contributed by atoms with Crippen LogP contribution in [0.15, 0.2) is 24.3 Å². The summed E-state index contributed by atoms with van der Waals surface area (Å²) in [6, 6.07) is 5.69. The van der Waals surface area contributed by atoms with E-state index in [9.17, 15) is 14.4 Å². The maximum absolute atomic E-state index is 12.0. The first-order chi connectivity index (χ1) is 10.1. The van der Waals surface area contributed by atoms with Gasteiger partial charge >= 0.3 is 11.9 Å². The van der Waals surface area contributed by atoms with E-state index in [1.165, 1.54) is 0 Å². The number of nitrogens with one attached hydrogen (secondary N) is 1. The minimum Gasteiger partial charge on any atom is -0.481 e. The topological polar surface area (TPSA) is 104 Å². The predicted molar refractivity (Wildman–Crippen MR) is 80.9 cm³/mol. The molecule has 1 rings (SSSR count). The van der Waals surface area contributed by atoms with Crippen LogP contribution in [-0.2, 0) is 15.0 Å². The quantitative estimate of drug-likeness (QED) is 0.746. The number of rotatable bonds is 6. The van der Waals surface area contributed by atoms with Gasteiger partial charge < -0.3 is 15.5 Å². The lowest BCUT2D eigenvalue weighted by atomic mass is 9.86. The van der Waals surface area contributed by atoms with Crippen LogP contribution in [0.3, 0.4) is 0 Å². The van der Waals surface area contributed by atoms with Crippen molar-refractivity contribution < 1.29 is 24.6 Å². The van der Waals surface area contributed by atoms with E-state index in [1.54, 1.807) is 12.1 Å². The Bertz CT molecular complexity index is 557. The molecule has 22 heavy (non-hydrogen) atoms. The number of aliphatic carboxylic acids is 2. The Labute approximate surface area is 129 Å². The molecule has 1 unspecified atom stereocenters. The number of hydrogen-bond acceptors (Lipinski definition) is 3. The number of amides is 1. The average Bonchev–Trinajstić information content (AvgIpc) is 2.41. The van der Waals surface area contributed by atoms with Gasteiger partial charge in [0, 0.05) is 12.0 Å². The summed E-state index contributed by atoms with van der Waals surface area (Å²) >= 11 is 0. The van der Waals surface area contributed by atoms with Crippen molar-refractivity contribution in [3.05, 3.63) is 35.4 Å². The molecule has 0 radical (unpaired) electrons. The fourth-order valence-corrected chi connectivity index (χ4v) is 1.89. The molecule has 0 saturated heterocycles. The van der Waals surface area contributed by atoms with Crippen molar-refractivity contribution in [2.24, 2.45) is 0 Å². The molecule has 0 aromatic heterocycles. The van der Waals surface area contributed by atoms with Gasteiger partial charge in [0.1, 0.15) is 6.04 Å². The molecule has 0 aliphatic heterocycles. The SMILES string of the molecule is CC(C)(C)c1ccc(C(=O)NC(CCC(=O)O)C(=O)O)cc1. The molecular weight excluding hydrogens is 286 g/mol. The van der Waals surface area contributed by atoms with Crippen molar-refractivity contribution >= 4 is 17.8 Å². The van der Waals surface area contributed by atoms with Gasteiger partial charge in [0.25, 0.3) is 5.91 Å². The van der Waals surface area contributed by atoms with Crippen LogP contribution in [0.1, 0.15) is 49.5 Å². The van der Waals surface area contributed by atoms with E-state index < -0.39 is 23.9 Å². The molecule has 0 heterocycles. The Balaban J connectivity index is 2.77. The van der Waals surface area contributed by atoms with E-state index in [4.69, 9.17) is 10.2 Å². The van der Waals surface area contributed by atoms with Crippen molar-refractivity contribution in [2.45, 2.75) is 45.1 Å². The highest BCUT2D eigenvalue weighted by Crippen LogP contribution is 2.22. The maximum atomic E-state index is 12.0.